The molecule has 0 bridgehead atoms. The van der Waals surface area contributed by atoms with Gasteiger partial charge in [0.25, 0.3) is 0 Å². The number of ether oxygens (including phenoxy) is 2. The fourth-order valence-corrected chi connectivity index (χ4v) is 2.15. The standard InChI is InChI=1S/C17H25NO3/c1-3-4-9-19-10-11-20-13-15(18-2)17-12-14-7-5-6-8-16(14)21-17/h5-8,12,15,18H,3-4,9-11,13H2,1-2H3. The van der Waals surface area contributed by atoms with Crippen LogP contribution in [0, 0.1) is 0 Å². The van der Waals surface area contributed by atoms with Crippen molar-refractivity contribution in [3.05, 3.63) is 36.1 Å². The summed E-state index contributed by atoms with van der Waals surface area (Å²) in [6, 6.07) is 10.2. The highest BCUT2D eigenvalue weighted by Gasteiger charge is 2.14. The number of furan rings is 1. The molecule has 0 aliphatic heterocycles. The first-order valence-corrected chi connectivity index (χ1v) is 7.66. The fraction of sp³-hybridized carbons (Fsp3) is 0.529. The van der Waals surface area contributed by atoms with Crippen LogP contribution in [0.5, 0.6) is 0 Å². The summed E-state index contributed by atoms with van der Waals surface area (Å²) in [5.41, 5.74) is 0.913. The van der Waals surface area contributed by atoms with Crippen molar-refractivity contribution in [2.24, 2.45) is 0 Å². The first kappa shape index (κ1) is 16.0. The van der Waals surface area contributed by atoms with Gasteiger partial charge in [0.2, 0.25) is 0 Å². The maximum atomic E-state index is 5.86. The van der Waals surface area contributed by atoms with Gasteiger partial charge in [-0.25, -0.2) is 0 Å². The number of fused-ring (bicyclic) bond motifs is 1. The van der Waals surface area contributed by atoms with Crippen LogP contribution in [-0.2, 0) is 9.47 Å². The average molecular weight is 291 g/mol. The van der Waals surface area contributed by atoms with Crippen molar-refractivity contribution in [2.45, 2.75) is 25.8 Å². The van der Waals surface area contributed by atoms with Crippen LogP contribution in [0.2, 0.25) is 0 Å². The minimum absolute atomic E-state index is 0.0630. The highest BCUT2D eigenvalue weighted by atomic mass is 16.5. The van der Waals surface area contributed by atoms with Crippen LogP contribution in [0.1, 0.15) is 31.6 Å². The van der Waals surface area contributed by atoms with E-state index in [4.69, 9.17) is 13.9 Å². The first-order valence-electron chi connectivity index (χ1n) is 7.66. The van der Waals surface area contributed by atoms with E-state index in [1.54, 1.807) is 0 Å². The molecule has 1 N–H and O–H groups in total. The second-order valence-electron chi connectivity index (χ2n) is 5.07. The molecule has 0 amide bonds. The Morgan fingerprint density at radius 3 is 2.71 bits per heavy atom. The largest absolute Gasteiger partial charge is 0.459 e. The Bertz CT molecular complexity index is 490. The van der Waals surface area contributed by atoms with E-state index in [0.717, 1.165) is 36.2 Å². The Kier molecular flexibility index (Phi) is 6.73. The highest BCUT2D eigenvalue weighted by Crippen LogP contribution is 2.23. The van der Waals surface area contributed by atoms with Crippen LogP contribution >= 0.6 is 0 Å². The predicted molar refractivity (Wildman–Crippen MR) is 84.6 cm³/mol. The van der Waals surface area contributed by atoms with Crippen LogP contribution in [0.25, 0.3) is 11.0 Å². The Morgan fingerprint density at radius 2 is 1.95 bits per heavy atom. The van der Waals surface area contributed by atoms with Crippen LogP contribution in [-0.4, -0.2) is 33.5 Å². The number of unbranched alkanes of at least 4 members (excludes halogenated alkanes) is 1. The number of hydrogen-bond donors (Lipinski definition) is 1. The van der Waals surface area contributed by atoms with E-state index in [1.807, 2.05) is 25.2 Å². The van der Waals surface area contributed by atoms with Crippen molar-refractivity contribution in [3.63, 3.8) is 0 Å². The molecule has 116 valence electrons. The lowest BCUT2D eigenvalue weighted by molar-refractivity contribution is 0.0368. The number of hydrogen-bond acceptors (Lipinski definition) is 4. The first-order chi connectivity index (χ1) is 10.3. The molecule has 0 saturated heterocycles. The second kappa shape index (κ2) is 8.82. The van der Waals surface area contributed by atoms with Crippen LogP contribution in [0.15, 0.2) is 34.7 Å². The SMILES string of the molecule is CCCCOCCOCC(NC)c1cc2ccccc2o1. The lowest BCUT2D eigenvalue weighted by atomic mass is 10.2. The summed E-state index contributed by atoms with van der Waals surface area (Å²) in [6.45, 7) is 4.82. The summed E-state index contributed by atoms with van der Waals surface area (Å²) in [5.74, 6) is 0.908. The number of benzene rings is 1. The van der Waals surface area contributed by atoms with Gasteiger partial charge in [0.15, 0.2) is 0 Å². The number of rotatable bonds is 10. The van der Waals surface area contributed by atoms with Crippen molar-refractivity contribution < 1.29 is 13.9 Å². The van der Waals surface area contributed by atoms with Crippen molar-refractivity contribution in [2.75, 3.05) is 33.5 Å². The molecule has 21 heavy (non-hydrogen) atoms. The van der Waals surface area contributed by atoms with Gasteiger partial charge in [-0.05, 0) is 25.6 Å². The topological polar surface area (TPSA) is 43.6 Å². The molecular formula is C17H25NO3. The fourth-order valence-electron chi connectivity index (χ4n) is 2.15. The van der Waals surface area contributed by atoms with Gasteiger partial charge in [0, 0.05) is 12.0 Å². The van der Waals surface area contributed by atoms with E-state index in [2.05, 4.69) is 24.4 Å². The Hall–Kier alpha value is -1.36. The Morgan fingerprint density at radius 1 is 1.14 bits per heavy atom. The second-order valence-corrected chi connectivity index (χ2v) is 5.07. The van der Waals surface area contributed by atoms with Gasteiger partial charge in [-0.3, -0.25) is 0 Å². The number of likely N-dealkylation sites (N-methyl/N-ethyl adjacent to an activating group) is 1. The molecule has 0 aliphatic carbocycles. The zero-order chi connectivity index (χ0) is 14.9. The van der Waals surface area contributed by atoms with Crippen molar-refractivity contribution in [1.29, 1.82) is 0 Å². The molecule has 1 unspecified atom stereocenters. The summed E-state index contributed by atoms with van der Waals surface area (Å²) >= 11 is 0. The molecule has 2 aromatic rings. The maximum absolute atomic E-state index is 5.86. The summed E-state index contributed by atoms with van der Waals surface area (Å²) in [6.07, 6.45) is 2.27. The third-order valence-corrected chi connectivity index (χ3v) is 3.44. The van der Waals surface area contributed by atoms with E-state index in [1.165, 1.54) is 0 Å². The minimum Gasteiger partial charge on any atom is -0.459 e. The third kappa shape index (κ3) is 4.84. The molecule has 4 heteroatoms. The normalized spacial score (nSPS) is 12.9. The van der Waals surface area contributed by atoms with Gasteiger partial charge in [0.1, 0.15) is 11.3 Å². The van der Waals surface area contributed by atoms with Gasteiger partial charge in [-0.2, -0.15) is 0 Å². The van der Waals surface area contributed by atoms with E-state index in [9.17, 15) is 0 Å². The highest BCUT2D eigenvalue weighted by molar-refractivity contribution is 5.77. The molecule has 0 spiro atoms. The van der Waals surface area contributed by atoms with Gasteiger partial charge >= 0.3 is 0 Å². The molecule has 1 aromatic heterocycles. The Balaban J connectivity index is 1.77. The van der Waals surface area contributed by atoms with E-state index >= 15 is 0 Å². The van der Waals surface area contributed by atoms with Crippen LogP contribution in [0.4, 0.5) is 0 Å². The summed E-state index contributed by atoms with van der Waals surface area (Å²) in [4.78, 5) is 0. The lowest BCUT2D eigenvalue weighted by Gasteiger charge is -2.14. The summed E-state index contributed by atoms with van der Waals surface area (Å²) in [5, 5.41) is 4.35. The van der Waals surface area contributed by atoms with Crippen LogP contribution < -0.4 is 5.32 Å². The Labute approximate surface area is 126 Å². The smallest absolute Gasteiger partial charge is 0.134 e. The van der Waals surface area contributed by atoms with Gasteiger partial charge in [0.05, 0.1) is 25.9 Å². The zero-order valence-electron chi connectivity index (χ0n) is 12.9. The third-order valence-electron chi connectivity index (χ3n) is 3.44. The summed E-state index contributed by atoms with van der Waals surface area (Å²) in [7, 11) is 1.92. The molecule has 1 heterocycles. The van der Waals surface area contributed by atoms with Crippen molar-refractivity contribution in [1.82, 2.24) is 5.32 Å². The molecule has 0 fully saturated rings. The molecule has 1 atom stereocenters. The van der Waals surface area contributed by atoms with Crippen LogP contribution in [0.3, 0.4) is 0 Å². The average Bonchev–Trinajstić information content (AvgIpc) is 2.94. The molecule has 0 saturated carbocycles. The van der Waals surface area contributed by atoms with E-state index in [0.29, 0.717) is 19.8 Å². The predicted octanol–water partition coefficient (Wildman–Crippen LogP) is 3.53. The number of para-hydroxylation sites is 1. The molecule has 1 aromatic carbocycles. The maximum Gasteiger partial charge on any atom is 0.134 e. The lowest BCUT2D eigenvalue weighted by Crippen LogP contribution is -2.22. The molecule has 0 radical (unpaired) electrons. The van der Waals surface area contributed by atoms with Crippen molar-refractivity contribution in [3.8, 4) is 0 Å². The van der Waals surface area contributed by atoms with Gasteiger partial charge in [-0.1, -0.05) is 31.5 Å². The molecular weight excluding hydrogens is 266 g/mol. The number of nitrogens with one attached hydrogen (secondary N) is 1. The van der Waals surface area contributed by atoms with Crippen molar-refractivity contribution >= 4 is 11.0 Å². The molecule has 0 aliphatic rings. The molecule has 2 rings (SSSR count). The van der Waals surface area contributed by atoms with Gasteiger partial charge < -0.3 is 19.2 Å². The van der Waals surface area contributed by atoms with Gasteiger partial charge in [-0.15, -0.1) is 0 Å². The van der Waals surface area contributed by atoms with E-state index in [-0.39, 0.29) is 6.04 Å². The minimum atomic E-state index is 0.0630. The zero-order valence-corrected chi connectivity index (χ0v) is 12.9. The summed E-state index contributed by atoms with van der Waals surface area (Å²) < 4.78 is 17.0. The monoisotopic (exact) mass is 291 g/mol. The van der Waals surface area contributed by atoms with E-state index < -0.39 is 0 Å². The molecule has 4 nitrogen and oxygen atoms in total. The quantitative estimate of drug-likeness (QED) is 0.680.